The molecule has 4 aromatic rings. The van der Waals surface area contributed by atoms with Gasteiger partial charge in [-0.2, -0.15) is 0 Å². The zero-order chi connectivity index (χ0) is 29.6. The molecular weight excluding hydrogens is 528 g/mol. The molecule has 0 aliphatic rings. The summed E-state index contributed by atoms with van der Waals surface area (Å²) < 4.78 is 10.7. The van der Waals surface area contributed by atoms with E-state index < -0.39 is 23.3 Å². The molecule has 0 fully saturated rings. The van der Waals surface area contributed by atoms with Crippen LogP contribution in [0.1, 0.15) is 40.1 Å². The fourth-order valence-electron chi connectivity index (χ4n) is 4.10. The summed E-state index contributed by atoms with van der Waals surface area (Å²) in [6.07, 6.45) is 3.26. The molecule has 4 rings (SSSR count). The number of hydrogen-bond donors (Lipinski definition) is 4. The third-order valence-electron chi connectivity index (χ3n) is 6.07. The van der Waals surface area contributed by atoms with Gasteiger partial charge in [0.15, 0.2) is 12.2 Å². The maximum atomic E-state index is 12.7. The molecule has 3 amide bonds. The van der Waals surface area contributed by atoms with E-state index >= 15 is 0 Å². The highest BCUT2D eigenvalue weighted by Gasteiger charge is 2.25. The number of benzene rings is 3. The SMILES string of the molecule is COc1cc(NC(=O)C(=O)NC(C)(C)Cc2ccc(NC(=O)c3ccc(C(=O)O)cc3)cc2)ccc1-c1cnco1. The van der Waals surface area contributed by atoms with Crippen molar-refractivity contribution in [2.45, 2.75) is 25.8 Å². The van der Waals surface area contributed by atoms with Crippen molar-refractivity contribution in [2.24, 2.45) is 0 Å². The van der Waals surface area contributed by atoms with Crippen molar-refractivity contribution in [2.75, 3.05) is 17.7 Å². The van der Waals surface area contributed by atoms with Gasteiger partial charge in [0.2, 0.25) is 0 Å². The summed E-state index contributed by atoms with van der Waals surface area (Å²) >= 11 is 0. The molecule has 0 spiro atoms. The Labute approximate surface area is 235 Å². The van der Waals surface area contributed by atoms with Crippen LogP contribution in [-0.2, 0) is 16.0 Å². The number of carbonyl (C=O) groups excluding carboxylic acids is 3. The number of carboxylic acids is 1. The van der Waals surface area contributed by atoms with Crippen molar-refractivity contribution in [3.8, 4) is 17.1 Å². The molecule has 4 N–H and O–H groups in total. The molecule has 41 heavy (non-hydrogen) atoms. The lowest BCUT2D eigenvalue weighted by Gasteiger charge is -2.26. The van der Waals surface area contributed by atoms with Crippen molar-refractivity contribution >= 4 is 35.1 Å². The van der Waals surface area contributed by atoms with E-state index in [2.05, 4.69) is 20.9 Å². The predicted octanol–water partition coefficient (Wildman–Crippen LogP) is 4.38. The van der Waals surface area contributed by atoms with Crippen LogP contribution >= 0.6 is 0 Å². The van der Waals surface area contributed by atoms with Crippen molar-refractivity contribution in [3.05, 3.63) is 96.0 Å². The Morgan fingerprint density at radius 1 is 0.878 bits per heavy atom. The van der Waals surface area contributed by atoms with Gasteiger partial charge < -0.3 is 30.2 Å². The van der Waals surface area contributed by atoms with E-state index in [1.807, 2.05) is 0 Å². The zero-order valence-electron chi connectivity index (χ0n) is 22.6. The quantitative estimate of drug-likeness (QED) is 0.221. The summed E-state index contributed by atoms with van der Waals surface area (Å²) in [6.45, 7) is 3.59. The minimum absolute atomic E-state index is 0.0936. The second-order valence-electron chi connectivity index (χ2n) is 9.78. The number of methoxy groups -OCH3 is 1. The summed E-state index contributed by atoms with van der Waals surface area (Å²) in [5.41, 5.74) is 2.09. The van der Waals surface area contributed by atoms with Crippen LogP contribution in [0.2, 0.25) is 0 Å². The fourth-order valence-corrected chi connectivity index (χ4v) is 4.10. The molecule has 11 heteroatoms. The Bertz CT molecular complexity index is 1560. The lowest BCUT2D eigenvalue weighted by Crippen LogP contribution is -2.49. The van der Waals surface area contributed by atoms with E-state index in [4.69, 9.17) is 14.3 Å². The van der Waals surface area contributed by atoms with Crippen molar-refractivity contribution in [1.82, 2.24) is 10.3 Å². The third-order valence-corrected chi connectivity index (χ3v) is 6.07. The topological polar surface area (TPSA) is 160 Å². The van der Waals surface area contributed by atoms with Crippen LogP contribution in [0.15, 0.2) is 83.7 Å². The molecular formula is C30H28N4O7. The highest BCUT2D eigenvalue weighted by Crippen LogP contribution is 2.32. The molecule has 0 unspecified atom stereocenters. The van der Waals surface area contributed by atoms with Crippen LogP contribution in [0, 0.1) is 0 Å². The van der Waals surface area contributed by atoms with E-state index in [-0.39, 0.29) is 11.5 Å². The Kier molecular flexibility index (Phi) is 8.47. The largest absolute Gasteiger partial charge is 0.496 e. The van der Waals surface area contributed by atoms with Gasteiger partial charge in [0, 0.05) is 28.5 Å². The van der Waals surface area contributed by atoms with Gasteiger partial charge in [-0.1, -0.05) is 12.1 Å². The lowest BCUT2D eigenvalue weighted by molar-refractivity contribution is -0.137. The van der Waals surface area contributed by atoms with Gasteiger partial charge in [0.05, 0.1) is 24.4 Å². The first-order valence-corrected chi connectivity index (χ1v) is 12.5. The Balaban J connectivity index is 1.32. The monoisotopic (exact) mass is 556 g/mol. The molecule has 0 bridgehead atoms. The second kappa shape index (κ2) is 12.2. The van der Waals surface area contributed by atoms with E-state index in [1.165, 1.54) is 37.8 Å². The highest BCUT2D eigenvalue weighted by molar-refractivity contribution is 6.39. The number of anilines is 2. The van der Waals surface area contributed by atoms with Crippen LogP contribution in [-0.4, -0.2) is 46.4 Å². The van der Waals surface area contributed by atoms with Gasteiger partial charge in [-0.3, -0.25) is 14.4 Å². The molecule has 0 saturated heterocycles. The van der Waals surface area contributed by atoms with Gasteiger partial charge in [0.1, 0.15) is 5.75 Å². The van der Waals surface area contributed by atoms with Gasteiger partial charge >= 0.3 is 17.8 Å². The van der Waals surface area contributed by atoms with Gasteiger partial charge in [0.25, 0.3) is 5.91 Å². The molecule has 0 saturated carbocycles. The number of carbonyl (C=O) groups is 4. The van der Waals surface area contributed by atoms with E-state index in [9.17, 15) is 19.2 Å². The molecule has 0 radical (unpaired) electrons. The number of aromatic carboxylic acids is 1. The molecule has 0 aliphatic heterocycles. The van der Waals surface area contributed by atoms with E-state index in [1.54, 1.807) is 62.5 Å². The number of oxazole rings is 1. The molecule has 210 valence electrons. The summed E-state index contributed by atoms with van der Waals surface area (Å²) in [7, 11) is 1.48. The molecule has 1 aromatic heterocycles. The first-order valence-electron chi connectivity index (χ1n) is 12.5. The molecule has 3 aromatic carbocycles. The smallest absolute Gasteiger partial charge is 0.335 e. The summed E-state index contributed by atoms with van der Waals surface area (Å²) in [4.78, 5) is 52.6. The van der Waals surface area contributed by atoms with Gasteiger partial charge in [-0.15, -0.1) is 0 Å². The number of amides is 3. The number of rotatable bonds is 9. The van der Waals surface area contributed by atoms with E-state index in [0.717, 1.165) is 5.56 Å². The highest BCUT2D eigenvalue weighted by atomic mass is 16.5. The average molecular weight is 557 g/mol. The maximum Gasteiger partial charge on any atom is 0.335 e. The lowest BCUT2D eigenvalue weighted by atomic mass is 9.94. The fraction of sp³-hybridized carbons (Fsp3) is 0.167. The Morgan fingerprint density at radius 2 is 1.54 bits per heavy atom. The van der Waals surface area contributed by atoms with Crippen molar-refractivity contribution in [3.63, 3.8) is 0 Å². The Morgan fingerprint density at radius 3 is 2.15 bits per heavy atom. The number of carboxylic acid groups (broad SMARTS) is 1. The maximum absolute atomic E-state index is 12.7. The van der Waals surface area contributed by atoms with Crippen LogP contribution in [0.5, 0.6) is 5.75 Å². The second-order valence-corrected chi connectivity index (χ2v) is 9.78. The zero-order valence-corrected chi connectivity index (χ0v) is 22.6. The van der Waals surface area contributed by atoms with Crippen LogP contribution in [0.25, 0.3) is 11.3 Å². The minimum atomic E-state index is -1.07. The number of ether oxygens (including phenoxy) is 1. The molecule has 0 atom stereocenters. The standard InChI is InChI=1S/C30H28N4O7/c1-30(2,15-18-4-10-21(11-5-18)32-26(35)19-6-8-20(9-7-19)29(38)39)34-28(37)27(36)33-22-12-13-23(24(14-22)40-3)25-16-31-17-41-25/h4-14,16-17H,15H2,1-3H3,(H,32,35)(H,33,36)(H,34,37)(H,38,39). The molecule has 11 nitrogen and oxygen atoms in total. The summed E-state index contributed by atoms with van der Waals surface area (Å²) in [5, 5.41) is 17.1. The predicted molar refractivity (Wildman–Crippen MR) is 151 cm³/mol. The van der Waals surface area contributed by atoms with Crippen LogP contribution in [0.4, 0.5) is 11.4 Å². The number of nitrogens with zero attached hydrogens (tertiary/aromatic N) is 1. The van der Waals surface area contributed by atoms with Gasteiger partial charge in [-0.25, -0.2) is 9.78 Å². The van der Waals surface area contributed by atoms with Gasteiger partial charge in [-0.05, 0) is 74.4 Å². The molecule has 0 aliphatic carbocycles. The Hall–Kier alpha value is -5.45. The summed E-state index contributed by atoms with van der Waals surface area (Å²) in [6, 6.07) is 17.6. The summed E-state index contributed by atoms with van der Waals surface area (Å²) in [5.74, 6) is -2.13. The average Bonchev–Trinajstić information content (AvgIpc) is 3.48. The van der Waals surface area contributed by atoms with Crippen molar-refractivity contribution < 1.29 is 33.4 Å². The van der Waals surface area contributed by atoms with E-state index in [0.29, 0.717) is 40.4 Å². The number of hydrogen-bond acceptors (Lipinski definition) is 7. The first kappa shape index (κ1) is 28.6. The first-order chi connectivity index (χ1) is 19.5. The number of aromatic nitrogens is 1. The normalized spacial score (nSPS) is 10.9. The third kappa shape index (κ3) is 7.35. The van der Waals surface area contributed by atoms with Crippen LogP contribution in [0.3, 0.4) is 0 Å². The molecule has 1 heterocycles. The van der Waals surface area contributed by atoms with Crippen molar-refractivity contribution in [1.29, 1.82) is 0 Å². The van der Waals surface area contributed by atoms with Crippen LogP contribution < -0.4 is 20.7 Å². The minimum Gasteiger partial charge on any atom is -0.496 e. The number of nitrogens with one attached hydrogen (secondary N) is 3.